The first kappa shape index (κ1) is 19.7. The molecular formula is C22H31NO4. The van der Waals surface area contributed by atoms with Gasteiger partial charge in [-0.3, -0.25) is 4.79 Å². The molecule has 0 aromatic heterocycles. The quantitative estimate of drug-likeness (QED) is 0.688. The van der Waals surface area contributed by atoms with Crippen molar-refractivity contribution in [2.24, 2.45) is 10.9 Å². The summed E-state index contributed by atoms with van der Waals surface area (Å²) in [5.74, 6) is 0.876. The van der Waals surface area contributed by atoms with Crippen LogP contribution in [0.25, 0.3) is 0 Å². The molecule has 0 saturated carbocycles. The minimum absolute atomic E-state index is 0.103. The van der Waals surface area contributed by atoms with E-state index in [0.29, 0.717) is 13.0 Å². The largest absolute Gasteiger partial charge is 0.493 e. The maximum atomic E-state index is 11.5. The van der Waals surface area contributed by atoms with Gasteiger partial charge in [-0.1, -0.05) is 19.9 Å². The number of hydrogen-bond donors (Lipinski definition) is 1. The maximum absolute atomic E-state index is 11.5. The Kier molecular flexibility index (Phi) is 6.40. The summed E-state index contributed by atoms with van der Waals surface area (Å²) in [5.41, 5.74) is 2.42. The van der Waals surface area contributed by atoms with Gasteiger partial charge in [0.15, 0.2) is 5.90 Å². The van der Waals surface area contributed by atoms with Crippen LogP contribution in [0.3, 0.4) is 0 Å². The summed E-state index contributed by atoms with van der Waals surface area (Å²) >= 11 is 0. The standard InChI is InChI=1S/C22H31NO4/c1-4-6-21-23-14(3)20(27-21)11-12-26-16-8-10-18-15(13-16)7-9-19(18)17(5-2)22(24)25/h8,10,13-14,17,19-20H,4-7,9,11-12H2,1-3H3,(H,24,25). The first-order chi connectivity index (χ1) is 13.0. The van der Waals surface area contributed by atoms with E-state index in [0.717, 1.165) is 43.8 Å². The molecule has 1 aliphatic carbocycles. The Labute approximate surface area is 161 Å². The zero-order chi connectivity index (χ0) is 19.4. The highest BCUT2D eigenvalue weighted by atomic mass is 16.5. The molecule has 0 saturated heterocycles. The summed E-state index contributed by atoms with van der Waals surface area (Å²) in [5, 5.41) is 9.46. The summed E-state index contributed by atoms with van der Waals surface area (Å²) < 4.78 is 11.9. The van der Waals surface area contributed by atoms with Crippen LogP contribution in [0.15, 0.2) is 23.2 Å². The Morgan fingerprint density at radius 2 is 2.22 bits per heavy atom. The van der Waals surface area contributed by atoms with E-state index in [-0.39, 0.29) is 24.0 Å². The molecule has 5 heteroatoms. The monoisotopic (exact) mass is 373 g/mol. The number of fused-ring (bicyclic) bond motifs is 1. The predicted molar refractivity (Wildman–Crippen MR) is 106 cm³/mol. The maximum Gasteiger partial charge on any atom is 0.307 e. The molecule has 1 aliphatic heterocycles. The van der Waals surface area contributed by atoms with E-state index in [2.05, 4.69) is 31.0 Å². The van der Waals surface area contributed by atoms with Crippen LogP contribution in [-0.4, -0.2) is 35.7 Å². The van der Waals surface area contributed by atoms with Crippen LogP contribution in [0.4, 0.5) is 0 Å². The van der Waals surface area contributed by atoms with Crippen molar-refractivity contribution in [2.45, 2.75) is 77.4 Å². The van der Waals surface area contributed by atoms with Gasteiger partial charge in [-0.2, -0.15) is 0 Å². The number of aliphatic carboxylic acids is 1. The summed E-state index contributed by atoms with van der Waals surface area (Å²) in [6.45, 7) is 6.77. The van der Waals surface area contributed by atoms with E-state index in [1.165, 1.54) is 11.1 Å². The second-order valence-corrected chi connectivity index (χ2v) is 7.67. The van der Waals surface area contributed by atoms with Crippen molar-refractivity contribution >= 4 is 11.9 Å². The van der Waals surface area contributed by atoms with E-state index in [1.807, 2.05) is 13.0 Å². The van der Waals surface area contributed by atoms with E-state index in [4.69, 9.17) is 9.47 Å². The van der Waals surface area contributed by atoms with Crippen molar-refractivity contribution in [2.75, 3.05) is 6.61 Å². The molecule has 27 heavy (non-hydrogen) atoms. The van der Waals surface area contributed by atoms with Crippen molar-refractivity contribution in [1.29, 1.82) is 0 Å². The molecule has 0 fully saturated rings. The number of benzene rings is 1. The van der Waals surface area contributed by atoms with Gasteiger partial charge >= 0.3 is 5.97 Å². The molecule has 148 valence electrons. The van der Waals surface area contributed by atoms with Gasteiger partial charge in [0.25, 0.3) is 0 Å². The Bertz CT molecular complexity index is 700. The van der Waals surface area contributed by atoms with Crippen LogP contribution < -0.4 is 4.74 Å². The third-order valence-electron chi connectivity index (χ3n) is 5.79. The number of aryl methyl sites for hydroxylation is 1. The first-order valence-corrected chi connectivity index (χ1v) is 10.2. The van der Waals surface area contributed by atoms with Gasteiger partial charge in [0.2, 0.25) is 0 Å². The third kappa shape index (κ3) is 4.45. The third-order valence-corrected chi connectivity index (χ3v) is 5.79. The zero-order valence-electron chi connectivity index (χ0n) is 16.6. The average Bonchev–Trinajstić information content (AvgIpc) is 3.19. The second kappa shape index (κ2) is 8.77. The number of ether oxygens (including phenoxy) is 2. The van der Waals surface area contributed by atoms with Crippen LogP contribution in [0, 0.1) is 5.92 Å². The minimum atomic E-state index is -0.689. The van der Waals surface area contributed by atoms with Crippen molar-refractivity contribution in [1.82, 2.24) is 0 Å². The van der Waals surface area contributed by atoms with Crippen molar-refractivity contribution in [3.05, 3.63) is 29.3 Å². The zero-order valence-corrected chi connectivity index (χ0v) is 16.6. The molecule has 1 aromatic carbocycles. The molecule has 4 atom stereocenters. The molecule has 2 aliphatic rings. The number of carboxylic acid groups (broad SMARTS) is 1. The lowest BCUT2D eigenvalue weighted by Crippen LogP contribution is -2.22. The summed E-state index contributed by atoms with van der Waals surface area (Å²) in [6.07, 6.45) is 5.38. The van der Waals surface area contributed by atoms with Gasteiger partial charge in [-0.25, -0.2) is 4.99 Å². The smallest absolute Gasteiger partial charge is 0.307 e. The number of rotatable bonds is 9. The van der Waals surface area contributed by atoms with Crippen molar-refractivity contribution in [3.8, 4) is 5.75 Å². The summed E-state index contributed by atoms with van der Waals surface area (Å²) in [6, 6.07) is 6.31. The van der Waals surface area contributed by atoms with Crippen molar-refractivity contribution in [3.63, 3.8) is 0 Å². The molecular weight excluding hydrogens is 342 g/mol. The van der Waals surface area contributed by atoms with Crippen LogP contribution in [0.5, 0.6) is 5.75 Å². The lowest BCUT2D eigenvalue weighted by molar-refractivity contribution is -0.142. The fraction of sp³-hybridized carbons (Fsp3) is 0.636. The van der Waals surface area contributed by atoms with Crippen LogP contribution in [0.1, 0.15) is 69.9 Å². The van der Waals surface area contributed by atoms with E-state index in [9.17, 15) is 9.90 Å². The average molecular weight is 373 g/mol. The SMILES string of the molecule is CCCC1=NC(C)C(CCOc2ccc3c(c2)CCC3C(CC)C(=O)O)O1. The predicted octanol–water partition coefficient (Wildman–Crippen LogP) is 4.58. The molecule has 0 spiro atoms. The van der Waals surface area contributed by atoms with Gasteiger partial charge in [-0.05, 0) is 61.8 Å². The fourth-order valence-electron chi connectivity index (χ4n) is 4.31. The second-order valence-electron chi connectivity index (χ2n) is 7.67. The van der Waals surface area contributed by atoms with Crippen LogP contribution >= 0.6 is 0 Å². The Hall–Kier alpha value is -2.04. The van der Waals surface area contributed by atoms with Crippen molar-refractivity contribution < 1.29 is 19.4 Å². The molecule has 0 radical (unpaired) electrons. The topological polar surface area (TPSA) is 68.1 Å². The Morgan fingerprint density at radius 1 is 1.41 bits per heavy atom. The molecule has 1 N–H and O–H groups in total. The normalized spacial score (nSPS) is 24.9. The summed E-state index contributed by atoms with van der Waals surface area (Å²) in [7, 11) is 0. The number of hydrogen-bond acceptors (Lipinski definition) is 4. The van der Waals surface area contributed by atoms with Gasteiger partial charge in [-0.15, -0.1) is 0 Å². The number of carboxylic acids is 1. The molecule has 1 heterocycles. The highest BCUT2D eigenvalue weighted by molar-refractivity contribution is 5.78. The van der Waals surface area contributed by atoms with Crippen LogP contribution in [0.2, 0.25) is 0 Å². The van der Waals surface area contributed by atoms with Gasteiger partial charge in [0.05, 0.1) is 18.6 Å². The number of carbonyl (C=O) groups is 1. The Morgan fingerprint density at radius 3 is 2.93 bits per heavy atom. The highest BCUT2D eigenvalue weighted by Gasteiger charge is 2.33. The molecule has 4 unspecified atom stereocenters. The lowest BCUT2D eigenvalue weighted by Gasteiger charge is -2.19. The van der Waals surface area contributed by atoms with Gasteiger partial charge in [0.1, 0.15) is 11.9 Å². The highest BCUT2D eigenvalue weighted by Crippen LogP contribution is 2.41. The number of aliphatic imine (C=N–C) groups is 1. The molecule has 1 aromatic rings. The molecule has 5 nitrogen and oxygen atoms in total. The minimum Gasteiger partial charge on any atom is -0.493 e. The molecule has 3 rings (SSSR count). The van der Waals surface area contributed by atoms with Gasteiger partial charge in [0, 0.05) is 12.8 Å². The number of nitrogens with zero attached hydrogens (tertiary/aromatic N) is 1. The van der Waals surface area contributed by atoms with E-state index in [1.54, 1.807) is 0 Å². The lowest BCUT2D eigenvalue weighted by atomic mass is 9.85. The van der Waals surface area contributed by atoms with E-state index < -0.39 is 5.97 Å². The molecule has 0 amide bonds. The Balaban J connectivity index is 1.54. The summed E-state index contributed by atoms with van der Waals surface area (Å²) in [4.78, 5) is 16.1. The molecule has 0 bridgehead atoms. The van der Waals surface area contributed by atoms with Gasteiger partial charge < -0.3 is 14.6 Å². The fourth-order valence-corrected chi connectivity index (χ4v) is 4.31. The first-order valence-electron chi connectivity index (χ1n) is 10.2. The van der Waals surface area contributed by atoms with E-state index >= 15 is 0 Å². The van der Waals surface area contributed by atoms with Crippen LogP contribution in [-0.2, 0) is 16.0 Å².